The van der Waals surface area contributed by atoms with Crippen LogP contribution >= 0.6 is 0 Å². The highest BCUT2D eigenvalue weighted by Crippen LogP contribution is 2.10. The summed E-state index contributed by atoms with van der Waals surface area (Å²) in [6, 6.07) is -0.148. The van der Waals surface area contributed by atoms with Gasteiger partial charge in [-0.15, -0.1) is 5.10 Å². The van der Waals surface area contributed by atoms with Crippen molar-refractivity contribution >= 4 is 5.91 Å². The number of hydrogen-bond donors (Lipinski definition) is 1. The zero-order chi connectivity index (χ0) is 15.2. The van der Waals surface area contributed by atoms with Crippen LogP contribution in [0.25, 0.3) is 0 Å². The lowest BCUT2D eigenvalue weighted by Crippen LogP contribution is -2.57. The van der Waals surface area contributed by atoms with Gasteiger partial charge in [0.25, 0.3) is 0 Å². The zero-order valence-corrected chi connectivity index (χ0v) is 13.1. The van der Waals surface area contributed by atoms with Crippen LogP contribution in [-0.4, -0.2) is 75.7 Å². The Labute approximate surface area is 125 Å². The normalized spacial score (nSPS) is 19.7. The number of unbranched alkanes of at least 4 members (excludes halogenated alkanes) is 1. The van der Waals surface area contributed by atoms with Crippen LogP contribution in [0.2, 0.25) is 0 Å². The van der Waals surface area contributed by atoms with Crippen LogP contribution in [0.15, 0.2) is 0 Å². The van der Waals surface area contributed by atoms with Crippen molar-refractivity contribution in [1.29, 1.82) is 0 Å². The summed E-state index contributed by atoms with van der Waals surface area (Å²) in [5, 5.41) is 15.2. The minimum Gasteiger partial charge on any atom is -0.347 e. The Morgan fingerprint density at radius 1 is 1.48 bits per heavy atom. The summed E-state index contributed by atoms with van der Waals surface area (Å²) in [7, 11) is 3.58. The van der Waals surface area contributed by atoms with E-state index < -0.39 is 0 Å². The lowest BCUT2D eigenvalue weighted by Gasteiger charge is -2.35. The Morgan fingerprint density at radius 3 is 3.00 bits per heavy atom. The van der Waals surface area contributed by atoms with Crippen molar-refractivity contribution in [3.8, 4) is 0 Å². The van der Waals surface area contributed by atoms with Gasteiger partial charge in [-0.3, -0.25) is 9.69 Å². The molecule has 0 aromatic carbocycles. The van der Waals surface area contributed by atoms with Crippen molar-refractivity contribution in [2.45, 2.75) is 38.9 Å². The second-order valence-electron chi connectivity index (χ2n) is 5.59. The highest BCUT2D eigenvalue weighted by atomic mass is 16.2. The van der Waals surface area contributed by atoms with Gasteiger partial charge < -0.3 is 10.2 Å². The van der Waals surface area contributed by atoms with Crippen LogP contribution < -0.4 is 5.32 Å². The molecule has 1 aromatic heterocycles. The van der Waals surface area contributed by atoms with Crippen LogP contribution in [0.1, 0.15) is 25.6 Å². The molecule has 2 heterocycles. The topological polar surface area (TPSA) is 79.2 Å². The van der Waals surface area contributed by atoms with Crippen LogP contribution in [0, 0.1) is 0 Å². The Kier molecular flexibility index (Phi) is 5.63. The van der Waals surface area contributed by atoms with Gasteiger partial charge in [0.2, 0.25) is 5.91 Å². The maximum absolute atomic E-state index is 12.3. The first-order chi connectivity index (χ1) is 10.1. The minimum atomic E-state index is -0.148. The smallest absolute Gasteiger partial charge is 0.240 e. The Bertz CT molecular complexity index is 459. The van der Waals surface area contributed by atoms with E-state index >= 15 is 0 Å². The zero-order valence-electron chi connectivity index (χ0n) is 13.1. The van der Waals surface area contributed by atoms with E-state index in [9.17, 15) is 4.79 Å². The van der Waals surface area contributed by atoms with E-state index in [1.165, 1.54) is 0 Å². The number of rotatable bonds is 6. The Hall–Kier alpha value is -1.54. The van der Waals surface area contributed by atoms with Gasteiger partial charge in [0, 0.05) is 40.3 Å². The lowest BCUT2D eigenvalue weighted by molar-refractivity contribution is -0.135. The first-order valence-corrected chi connectivity index (χ1v) is 7.54. The maximum atomic E-state index is 12.3. The number of likely N-dealkylation sites (N-methyl/N-ethyl adjacent to an activating group) is 1. The fraction of sp³-hybridized carbons (Fsp3) is 0.846. The van der Waals surface area contributed by atoms with Crippen molar-refractivity contribution < 1.29 is 4.79 Å². The molecule has 1 amide bonds. The SMILES string of the molecule is CCCCn1nnnc1CN1CCNCC1C(=O)N(C)C. The van der Waals surface area contributed by atoms with Crippen molar-refractivity contribution in [2.75, 3.05) is 33.7 Å². The molecule has 0 bridgehead atoms. The predicted octanol–water partition coefficient (Wildman–Crippen LogP) is -0.665. The van der Waals surface area contributed by atoms with Crippen molar-refractivity contribution in [3.63, 3.8) is 0 Å². The highest BCUT2D eigenvalue weighted by molar-refractivity contribution is 5.81. The number of hydrogen-bond acceptors (Lipinski definition) is 6. The second kappa shape index (κ2) is 7.46. The number of tetrazole rings is 1. The average Bonchev–Trinajstić information content (AvgIpc) is 2.92. The molecule has 0 spiro atoms. The predicted molar refractivity (Wildman–Crippen MR) is 78.5 cm³/mol. The Balaban J connectivity index is 2.05. The molecule has 1 saturated heterocycles. The first kappa shape index (κ1) is 15.8. The van der Waals surface area contributed by atoms with E-state index in [0.29, 0.717) is 13.1 Å². The molecule has 1 aliphatic heterocycles. The maximum Gasteiger partial charge on any atom is 0.240 e. The van der Waals surface area contributed by atoms with Gasteiger partial charge in [0.05, 0.1) is 6.54 Å². The molecule has 1 atom stereocenters. The number of amides is 1. The molecule has 8 nitrogen and oxygen atoms in total. The van der Waals surface area contributed by atoms with Crippen molar-refractivity contribution in [1.82, 2.24) is 35.3 Å². The third-order valence-electron chi connectivity index (χ3n) is 3.75. The van der Waals surface area contributed by atoms with E-state index in [4.69, 9.17) is 0 Å². The first-order valence-electron chi connectivity index (χ1n) is 7.54. The molecule has 1 unspecified atom stereocenters. The van der Waals surface area contributed by atoms with Crippen molar-refractivity contribution in [3.05, 3.63) is 5.82 Å². The monoisotopic (exact) mass is 295 g/mol. The number of carbonyl (C=O) groups excluding carboxylic acids is 1. The summed E-state index contributed by atoms with van der Waals surface area (Å²) >= 11 is 0. The van der Waals surface area contributed by atoms with Crippen LogP contribution in [0.4, 0.5) is 0 Å². The summed E-state index contributed by atoms with van der Waals surface area (Å²) in [5.74, 6) is 0.955. The van der Waals surface area contributed by atoms with E-state index in [0.717, 1.165) is 38.3 Å². The number of carbonyl (C=O) groups is 1. The summed E-state index contributed by atoms with van der Waals surface area (Å²) in [4.78, 5) is 16.1. The Morgan fingerprint density at radius 2 is 2.29 bits per heavy atom. The van der Waals surface area contributed by atoms with E-state index in [-0.39, 0.29) is 11.9 Å². The molecule has 21 heavy (non-hydrogen) atoms. The summed E-state index contributed by atoms with van der Waals surface area (Å²) in [6.45, 7) is 5.97. The van der Waals surface area contributed by atoms with Gasteiger partial charge >= 0.3 is 0 Å². The van der Waals surface area contributed by atoms with Crippen LogP contribution in [0.3, 0.4) is 0 Å². The number of aryl methyl sites for hydroxylation is 1. The van der Waals surface area contributed by atoms with E-state index in [1.807, 2.05) is 4.68 Å². The van der Waals surface area contributed by atoms with E-state index in [1.54, 1.807) is 19.0 Å². The molecule has 0 aliphatic carbocycles. The molecule has 0 radical (unpaired) electrons. The molecule has 1 aromatic rings. The molecular formula is C13H25N7O. The second-order valence-corrected chi connectivity index (χ2v) is 5.59. The van der Waals surface area contributed by atoms with Gasteiger partial charge in [0.1, 0.15) is 6.04 Å². The molecule has 1 N–H and O–H groups in total. The van der Waals surface area contributed by atoms with Crippen molar-refractivity contribution in [2.24, 2.45) is 0 Å². The van der Waals surface area contributed by atoms with Crippen LogP contribution in [-0.2, 0) is 17.9 Å². The quantitative estimate of drug-likeness (QED) is 0.750. The summed E-state index contributed by atoms with van der Waals surface area (Å²) in [5.41, 5.74) is 0. The standard InChI is InChI=1S/C13H25N7O/c1-4-5-7-20-12(15-16-17-20)10-19-8-6-14-9-11(19)13(21)18(2)3/h11,14H,4-10H2,1-3H3. The fourth-order valence-corrected chi connectivity index (χ4v) is 2.48. The molecule has 1 fully saturated rings. The van der Waals surface area contributed by atoms with Gasteiger partial charge in [-0.1, -0.05) is 13.3 Å². The lowest BCUT2D eigenvalue weighted by atomic mass is 10.1. The summed E-state index contributed by atoms with van der Waals surface area (Å²) < 4.78 is 1.85. The molecular weight excluding hydrogens is 270 g/mol. The summed E-state index contributed by atoms with van der Waals surface area (Å²) in [6.07, 6.45) is 2.16. The number of nitrogens with zero attached hydrogens (tertiary/aromatic N) is 6. The third-order valence-corrected chi connectivity index (χ3v) is 3.75. The third kappa shape index (κ3) is 3.98. The molecule has 1 aliphatic rings. The van der Waals surface area contributed by atoms with E-state index in [2.05, 4.69) is 32.7 Å². The number of piperazine rings is 1. The fourth-order valence-electron chi connectivity index (χ4n) is 2.48. The van der Waals surface area contributed by atoms with Crippen LogP contribution in [0.5, 0.6) is 0 Å². The molecule has 8 heteroatoms. The minimum absolute atomic E-state index is 0.120. The van der Waals surface area contributed by atoms with Gasteiger partial charge in [-0.05, 0) is 16.8 Å². The number of aromatic nitrogens is 4. The average molecular weight is 295 g/mol. The van der Waals surface area contributed by atoms with Gasteiger partial charge in [-0.2, -0.15) is 0 Å². The molecule has 0 saturated carbocycles. The van der Waals surface area contributed by atoms with Gasteiger partial charge in [-0.25, -0.2) is 4.68 Å². The molecule has 118 valence electrons. The highest BCUT2D eigenvalue weighted by Gasteiger charge is 2.30. The van der Waals surface area contributed by atoms with Gasteiger partial charge in [0.15, 0.2) is 5.82 Å². The largest absolute Gasteiger partial charge is 0.347 e. The number of nitrogens with one attached hydrogen (secondary N) is 1. The molecule has 2 rings (SSSR count).